The Kier molecular flexibility index (Phi) is 11.3. The first-order valence-corrected chi connectivity index (χ1v) is 19.0. The van der Waals surface area contributed by atoms with E-state index in [0.29, 0.717) is 50.4 Å². The first-order chi connectivity index (χ1) is 25.4. The van der Waals surface area contributed by atoms with E-state index in [1.165, 1.54) is 11.1 Å². The van der Waals surface area contributed by atoms with Crippen LogP contribution in [0.15, 0.2) is 84.7 Å². The van der Waals surface area contributed by atoms with Crippen LogP contribution in [0.3, 0.4) is 0 Å². The molecule has 3 aliphatic rings. The van der Waals surface area contributed by atoms with E-state index in [0.717, 1.165) is 71.8 Å². The highest BCUT2D eigenvalue weighted by Crippen LogP contribution is 2.43. The molecule has 4 heterocycles. The van der Waals surface area contributed by atoms with Gasteiger partial charge in [-0.2, -0.15) is 0 Å². The Balaban J connectivity index is 1.37. The summed E-state index contributed by atoms with van der Waals surface area (Å²) in [4.78, 5) is 0. The molecule has 9 nitrogen and oxygen atoms in total. The maximum Gasteiger partial charge on any atom is 0.161 e. The summed E-state index contributed by atoms with van der Waals surface area (Å²) >= 11 is 0. The van der Waals surface area contributed by atoms with Crippen molar-refractivity contribution in [3.63, 3.8) is 0 Å². The van der Waals surface area contributed by atoms with Crippen LogP contribution in [-0.2, 0) is 34.5 Å². The minimum atomic E-state index is -0.595. The van der Waals surface area contributed by atoms with Gasteiger partial charge < -0.3 is 45.1 Å². The molecule has 4 bridgehead atoms. The molecule has 3 unspecified atom stereocenters. The van der Waals surface area contributed by atoms with Crippen LogP contribution >= 0.6 is 0 Å². The first-order valence-electron chi connectivity index (χ1n) is 19.0. The lowest BCUT2D eigenvalue weighted by Crippen LogP contribution is -2.38. The van der Waals surface area contributed by atoms with Gasteiger partial charge in [0, 0.05) is 47.4 Å². The molecule has 3 aromatic carbocycles. The number of fused-ring (bicyclic) bond motifs is 4. The van der Waals surface area contributed by atoms with Crippen LogP contribution in [0.2, 0.25) is 0 Å². The van der Waals surface area contributed by atoms with Crippen LogP contribution < -0.4 is 15.8 Å². The summed E-state index contributed by atoms with van der Waals surface area (Å²) in [5.41, 5.74) is 12.1. The van der Waals surface area contributed by atoms with Crippen LogP contribution in [-0.4, -0.2) is 58.1 Å². The fourth-order valence-corrected chi connectivity index (χ4v) is 8.18. The molecule has 6 N–H and O–H groups in total. The van der Waals surface area contributed by atoms with Gasteiger partial charge >= 0.3 is 0 Å². The van der Waals surface area contributed by atoms with Crippen molar-refractivity contribution in [1.82, 2.24) is 9.88 Å². The van der Waals surface area contributed by atoms with E-state index in [1.807, 2.05) is 18.2 Å². The molecule has 3 aliphatic heterocycles. The number of benzene rings is 3. The van der Waals surface area contributed by atoms with Crippen molar-refractivity contribution in [2.24, 2.45) is 5.73 Å². The zero-order chi connectivity index (χ0) is 36.1. The largest absolute Gasteiger partial charge is 0.504 e. The molecule has 0 saturated carbocycles. The summed E-state index contributed by atoms with van der Waals surface area (Å²) in [6.07, 6.45) is 14.5. The fourth-order valence-electron chi connectivity index (χ4n) is 8.18. The number of unbranched alkanes of at least 4 members (excludes halogenated alkanes) is 2. The zero-order valence-corrected chi connectivity index (χ0v) is 30.2. The number of aliphatic hydroxyl groups is 2. The number of phenolic OH excluding ortho intramolecular Hbond substituents is 1. The van der Waals surface area contributed by atoms with Gasteiger partial charge in [0.25, 0.3) is 0 Å². The van der Waals surface area contributed by atoms with Crippen molar-refractivity contribution in [2.75, 3.05) is 19.8 Å². The lowest BCUT2D eigenvalue weighted by atomic mass is 9.68. The molecule has 0 spiro atoms. The Morgan fingerprint density at radius 2 is 1.81 bits per heavy atom. The topological polar surface area (TPSA) is 131 Å². The van der Waals surface area contributed by atoms with E-state index in [4.69, 9.17) is 19.9 Å². The number of aromatic hydroxyl groups is 1. The molecule has 4 aromatic rings. The first kappa shape index (κ1) is 36.2. The van der Waals surface area contributed by atoms with Crippen molar-refractivity contribution in [3.05, 3.63) is 113 Å². The second kappa shape index (κ2) is 16.3. The molecule has 3 atom stereocenters. The average Bonchev–Trinajstić information content (AvgIpc) is 3.61. The Labute approximate surface area is 306 Å². The molecule has 0 aliphatic carbocycles. The monoisotopic (exact) mass is 707 g/mol. The van der Waals surface area contributed by atoms with Crippen LogP contribution in [0.4, 0.5) is 0 Å². The van der Waals surface area contributed by atoms with Gasteiger partial charge in [-0.15, -0.1) is 0 Å². The van der Waals surface area contributed by atoms with E-state index in [-0.39, 0.29) is 36.6 Å². The number of ether oxygens (including phenoxy) is 3. The van der Waals surface area contributed by atoms with Crippen LogP contribution in [0, 0.1) is 0 Å². The van der Waals surface area contributed by atoms with E-state index < -0.39 is 6.10 Å². The lowest BCUT2D eigenvalue weighted by Gasteiger charge is -2.39. The van der Waals surface area contributed by atoms with Gasteiger partial charge in [-0.1, -0.05) is 68.7 Å². The average molecular weight is 708 g/mol. The lowest BCUT2D eigenvalue weighted by molar-refractivity contribution is 0.0171. The number of rotatable bonds is 7. The molecular weight excluding hydrogens is 654 g/mol. The minimum absolute atomic E-state index is 0.0238. The number of nitrogens with zero attached hydrogens (tertiary/aromatic N) is 1. The summed E-state index contributed by atoms with van der Waals surface area (Å²) in [5.74, 6) is 1.18. The Morgan fingerprint density at radius 3 is 2.60 bits per heavy atom. The number of nitrogens with two attached hydrogens (primary N) is 1. The maximum atomic E-state index is 11.2. The highest BCUT2D eigenvalue weighted by Gasteiger charge is 2.37. The van der Waals surface area contributed by atoms with E-state index in [1.54, 1.807) is 6.07 Å². The molecule has 9 heteroatoms. The van der Waals surface area contributed by atoms with Gasteiger partial charge in [0.15, 0.2) is 11.5 Å². The molecule has 0 radical (unpaired) electrons. The van der Waals surface area contributed by atoms with Gasteiger partial charge in [-0.25, -0.2) is 0 Å². The van der Waals surface area contributed by atoms with Crippen molar-refractivity contribution >= 4 is 16.6 Å². The predicted octanol–water partition coefficient (Wildman–Crippen LogP) is 6.79. The van der Waals surface area contributed by atoms with Gasteiger partial charge in [-0.3, -0.25) is 0 Å². The summed E-state index contributed by atoms with van der Waals surface area (Å²) in [5, 5.41) is 38.1. The summed E-state index contributed by atoms with van der Waals surface area (Å²) < 4.78 is 21.1. The number of hydrogen-bond donors (Lipinski definition) is 5. The Bertz CT molecular complexity index is 1890. The Hall–Kier alpha value is -4.12. The normalized spacial score (nSPS) is 22.3. The third kappa shape index (κ3) is 7.80. The molecule has 52 heavy (non-hydrogen) atoms. The van der Waals surface area contributed by atoms with Gasteiger partial charge in [0.2, 0.25) is 0 Å². The molecular formula is C43H53N3O6. The number of hydrogen-bond acceptors (Lipinski definition) is 8. The van der Waals surface area contributed by atoms with Crippen molar-refractivity contribution in [2.45, 2.75) is 102 Å². The number of nitrogens with one attached hydrogen (secondary N) is 1. The standard InChI is InChI=1S/C43H53N3O6/c1-2-3-5-10-37-23-36(48)13-11-29-22-40(39(49)21-32(29)26-47)52-28-33-20-35(43(15-17-50-18-16-43)34-8-6-4-7-9-34)19-31-24-46(25-38(31)33)42-30(27-51-37)12-14-41(44)45-42/h4,6-9,12,14,19-22,24-25,36-37,41,45,47-49H,2-3,5,10-11,13,15-18,23,26-28,44H2,1H3. The molecule has 0 amide bonds. The third-order valence-electron chi connectivity index (χ3n) is 11.2. The van der Waals surface area contributed by atoms with Gasteiger partial charge in [0.1, 0.15) is 12.4 Å². The molecule has 1 aromatic heterocycles. The predicted molar refractivity (Wildman–Crippen MR) is 204 cm³/mol. The van der Waals surface area contributed by atoms with E-state index in [9.17, 15) is 15.3 Å². The number of dihydropyridines is 1. The second-order valence-electron chi connectivity index (χ2n) is 14.7. The van der Waals surface area contributed by atoms with Crippen molar-refractivity contribution < 1.29 is 29.5 Å². The summed E-state index contributed by atoms with van der Waals surface area (Å²) in [6.45, 7) is 3.90. The van der Waals surface area contributed by atoms with E-state index in [2.05, 4.69) is 71.7 Å². The highest BCUT2D eigenvalue weighted by molar-refractivity contribution is 5.88. The quantitative estimate of drug-likeness (QED) is 0.133. The van der Waals surface area contributed by atoms with Crippen molar-refractivity contribution in [1.29, 1.82) is 0 Å². The van der Waals surface area contributed by atoms with Crippen LogP contribution in [0.5, 0.6) is 11.5 Å². The highest BCUT2D eigenvalue weighted by atomic mass is 16.5. The SMILES string of the molecule is CCCCCC1CC(O)CCc2cc(c(O)cc2CO)OCc2cc(C3(c4ccccc4)CCOCC3)cc3cn(cc23)C2=C(C=CC(N)N2)CO1. The Morgan fingerprint density at radius 1 is 0.981 bits per heavy atom. The summed E-state index contributed by atoms with van der Waals surface area (Å²) in [7, 11) is 0. The number of aliphatic hydroxyl groups excluding tert-OH is 2. The van der Waals surface area contributed by atoms with Crippen LogP contribution in [0.25, 0.3) is 16.6 Å². The molecule has 276 valence electrons. The number of phenols is 1. The minimum Gasteiger partial charge on any atom is -0.504 e. The van der Waals surface area contributed by atoms with Gasteiger partial charge in [0.05, 0.1) is 31.6 Å². The summed E-state index contributed by atoms with van der Waals surface area (Å²) in [6, 6.07) is 18.7. The maximum absolute atomic E-state index is 11.2. The second-order valence-corrected chi connectivity index (χ2v) is 14.7. The zero-order valence-electron chi connectivity index (χ0n) is 30.2. The molecule has 1 fully saturated rings. The molecule has 7 rings (SSSR count). The van der Waals surface area contributed by atoms with Gasteiger partial charge in [-0.05, 0) is 90.6 Å². The van der Waals surface area contributed by atoms with Crippen molar-refractivity contribution in [3.8, 4) is 11.5 Å². The third-order valence-corrected chi connectivity index (χ3v) is 11.2. The smallest absolute Gasteiger partial charge is 0.161 e. The number of aromatic nitrogens is 1. The fraction of sp³-hybridized carbons (Fsp3) is 0.442. The number of aryl methyl sites for hydroxylation is 1. The van der Waals surface area contributed by atoms with Crippen LogP contribution in [0.1, 0.15) is 86.1 Å². The van der Waals surface area contributed by atoms with E-state index >= 15 is 0 Å². The molecule has 1 saturated heterocycles.